The average molecular weight is 351 g/mol. The van der Waals surface area contributed by atoms with Crippen LogP contribution in [-0.4, -0.2) is 11.6 Å². The van der Waals surface area contributed by atoms with Crippen LogP contribution in [0.4, 0.5) is 0 Å². The van der Waals surface area contributed by atoms with Gasteiger partial charge in [0.25, 0.3) is 0 Å². The molecule has 5 nitrogen and oxygen atoms in total. The SMILES string of the molecule is CC1=CC(=CC2=C([O-])C(=O)C(C=C3C=C(C)OC(C)=C3)C2=O)C=C(C)O1. The predicted octanol–water partition coefficient (Wildman–Crippen LogP) is 2.90. The van der Waals surface area contributed by atoms with Gasteiger partial charge in [0.15, 0.2) is 11.6 Å². The first-order valence-corrected chi connectivity index (χ1v) is 8.26. The number of allylic oxidation sites excluding steroid dienone is 14. The highest BCUT2D eigenvalue weighted by atomic mass is 16.5. The molecule has 134 valence electrons. The summed E-state index contributed by atoms with van der Waals surface area (Å²) in [6.07, 6.45) is 9.87. The van der Waals surface area contributed by atoms with Crippen molar-refractivity contribution in [2.45, 2.75) is 27.7 Å². The zero-order valence-electron chi connectivity index (χ0n) is 15.1. The van der Waals surface area contributed by atoms with Crippen molar-refractivity contribution >= 4 is 11.6 Å². The molecule has 0 aromatic heterocycles. The molecule has 0 spiro atoms. The van der Waals surface area contributed by atoms with Crippen LogP contribution in [0.15, 0.2) is 82.0 Å². The molecule has 0 N–H and O–H groups in total. The van der Waals surface area contributed by atoms with E-state index in [4.69, 9.17) is 9.47 Å². The van der Waals surface area contributed by atoms with E-state index < -0.39 is 23.2 Å². The lowest BCUT2D eigenvalue weighted by molar-refractivity contribution is -0.298. The fraction of sp³-hybridized carbons (Fsp3) is 0.238. The summed E-state index contributed by atoms with van der Waals surface area (Å²) < 4.78 is 10.8. The second kappa shape index (κ2) is 6.67. The Hall–Kier alpha value is -3.08. The molecule has 5 heteroatoms. The Morgan fingerprint density at radius 1 is 0.808 bits per heavy atom. The summed E-state index contributed by atoms with van der Waals surface area (Å²) in [5.74, 6) is -0.387. The lowest BCUT2D eigenvalue weighted by Crippen LogP contribution is -2.19. The van der Waals surface area contributed by atoms with E-state index in [2.05, 4.69) is 0 Å². The van der Waals surface area contributed by atoms with Crippen LogP contribution >= 0.6 is 0 Å². The van der Waals surface area contributed by atoms with Gasteiger partial charge in [0, 0.05) is 5.57 Å². The van der Waals surface area contributed by atoms with Gasteiger partial charge in [0.2, 0.25) is 0 Å². The number of carbonyl (C=O) groups excluding carboxylic acids is 2. The van der Waals surface area contributed by atoms with Crippen molar-refractivity contribution in [3.63, 3.8) is 0 Å². The van der Waals surface area contributed by atoms with Gasteiger partial charge < -0.3 is 14.6 Å². The minimum absolute atomic E-state index is 0.0877. The van der Waals surface area contributed by atoms with E-state index in [1.807, 2.05) is 0 Å². The van der Waals surface area contributed by atoms with Crippen molar-refractivity contribution in [3.8, 4) is 0 Å². The van der Waals surface area contributed by atoms with Crippen LogP contribution in [0.3, 0.4) is 0 Å². The molecule has 0 amide bonds. The van der Waals surface area contributed by atoms with Crippen LogP contribution in [0, 0.1) is 5.92 Å². The minimum Gasteiger partial charge on any atom is -0.870 e. The Kier molecular flexibility index (Phi) is 4.55. The second-order valence-corrected chi connectivity index (χ2v) is 6.48. The smallest absolute Gasteiger partial charge is 0.177 e. The number of ether oxygens (including phenoxy) is 2. The van der Waals surface area contributed by atoms with Crippen LogP contribution in [0.5, 0.6) is 0 Å². The summed E-state index contributed by atoms with van der Waals surface area (Å²) >= 11 is 0. The lowest BCUT2D eigenvalue weighted by atomic mass is 9.97. The highest BCUT2D eigenvalue weighted by Gasteiger charge is 2.34. The zero-order valence-corrected chi connectivity index (χ0v) is 15.1. The van der Waals surface area contributed by atoms with Crippen molar-refractivity contribution < 1.29 is 24.2 Å². The topological polar surface area (TPSA) is 75.7 Å². The quantitative estimate of drug-likeness (QED) is 0.715. The van der Waals surface area contributed by atoms with Gasteiger partial charge in [-0.1, -0.05) is 11.8 Å². The van der Waals surface area contributed by atoms with Crippen LogP contribution in [0.2, 0.25) is 0 Å². The average Bonchev–Trinajstić information content (AvgIpc) is 2.71. The minimum atomic E-state index is -1.09. The maximum atomic E-state index is 12.7. The third kappa shape index (κ3) is 3.47. The molecule has 2 aliphatic heterocycles. The Bertz CT molecular complexity index is 876. The molecular formula is C21H19O5-. The molecule has 0 saturated heterocycles. The van der Waals surface area contributed by atoms with E-state index in [0.29, 0.717) is 34.2 Å². The fourth-order valence-corrected chi connectivity index (χ4v) is 3.15. The maximum Gasteiger partial charge on any atom is 0.177 e. The molecule has 0 fully saturated rings. The molecular weight excluding hydrogens is 332 g/mol. The van der Waals surface area contributed by atoms with E-state index in [1.165, 1.54) is 12.2 Å². The third-order valence-corrected chi connectivity index (χ3v) is 4.09. The number of rotatable bonds is 2. The van der Waals surface area contributed by atoms with Crippen LogP contribution in [0.25, 0.3) is 0 Å². The van der Waals surface area contributed by atoms with Gasteiger partial charge in [-0.15, -0.1) is 0 Å². The Morgan fingerprint density at radius 2 is 1.27 bits per heavy atom. The summed E-state index contributed by atoms with van der Waals surface area (Å²) in [7, 11) is 0. The summed E-state index contributed by atoms with van der Waals surface area (Å²) in [6.45, 7) is 7.12. The van der Waals surface area contributed by atoms with Crippen molar-refractivity contribution in [1.29, 1.82) is 0 Å². The molecule has 0 aromatic carbocycles. The molecule has 26 heavy (non-hydrogen) atoms. The van der Waals surface area contributed by atoms with Crippen LogP contribution in [0.1, 0.15) is 27.7 Å². The van der Waals surface area contributed by atoms with Gasteiger partial charge in [-0.25, -0.2) is 0 Å². The summed E-state index contributed by atoms with van der Waals surface area (Å²) in [5, 5.41) is 12.3. The van der Waals surface area contributed by atoms with Crippen molar-refractivity contribution in [2.24, 2.45) is 5.92 Å². The van der Waals surface area contributed by atoms with Gasteiger partial charge in [-0.05, 0) is 69.2 Å². The summed E-state index contributed by atoms with van der Waals surface area (Å²) in [5.41, 5.74) is 1.24. The summed E-state index contributed by atoms with van der Waals surface area (Å²) in [6, 6.07) is 0. The first-order valence-electron chi connectivity index (χ1n) is 8.26. The predicted molar refractivity (Wildman–Crippen MR) is 93.9 cm³/mol. The van der Waals surface area contributed by atoms with E-state index in [1.54, 1.807) is 52.0 Å². The third-order valence-electron chi connectivity index (χ3n) is 4.09. The Morgan fingerprint density at radius 3 is 1.77 bits per heavy atom. The fourth-order valence-electron chi connectivity index (χ4n) is 3.15. The van der Waals surface area contributed by atoms with Crippen molar-refractivity contribution in [3.05, 3.63) is 82.0 Å². The monoisotopic (exact) mass is 351 g/mol. The van der Waals surface area contributed by atoms with Gasteiger partial charge in [-0.3, -0.25) is 9.59 Å². The molecule has 2 heterocycles. The highest BCUT2D eigenvalue weighted by Crippen LogP contribution is 2.29. The molecule has 1 atom stereocenters. The van der Waals surface area contributed by atoms with E-state index >= 15 is 0 Å². The van der Waals surface area contributed by atoms with Crippen LogP contribution in [-0.2, 0) is 19.1 Å². The molecule has 0 aromatic rings. The molecule has 0 saturated carbocycles. The molecule has 1 aliphatic carbocycles. The standard InChI is InChI=1S/C21H20O5/c1-11-5-15(6-12(2)25-11)9-17-19(22)18(21(24)20(17)23)10-16-7-13(3)26-14(4)8-16/h5-10,17,24H,1-4H3/p-1. The van der Waals surface area contributed by atoms with E-state index in [-0.39, 0.29) is 5.57 Å². The summed E-state index contributed by atoms with van der Waals surface area (Å²) in [4.78, 5) is 25.0. The van der Waals surface area contributed by atoms with E-state index in [9.17, 15) is 14.7 Å². The number of Topliss-reactive ketones (excluding diaryl/α,β-unsaturated/α-hetero) is 2. The number of ketones is 2. The number of hydrogen-bond acceptors (Lipinski definition) is 5. The van der Waals surface area contributed by atoms with Gasteiger partial charge >= 0.3 is 0 Å². The first kappa shape index (κ1) is 17.7. The Labute approximate surface area is 152 Å². The lowest BCUT2D eigenvalue weighted by Gasteiger charge is -2.13. The largest absolute Gasteiger partial charge is 0.870 e. The highest BCUT2D eigenvalue weighted by molar-refractivity contribution is 6.25. The second-order valence-electron chi connectivity index (χ2n) is 6.48. The molecule has 0 bridgehead atoms. The van der Waals surface area contributed by atoms with Gasteiger partial charge in [0.1, 0.15) is 29.0 Å². The van der Waals surface area contributed by atoms with Gasteiger partial charge in [-0.2, -0.15) is 0 Å². The van der Waals surface area contributed by atoms with Crippen molar-refractivity contribution in [2.75, 3.05) is 0 Å². The molecule has 1 unspecified atom stereocenters. The normalized spacial score (nSPS) is 23.0. The van der Waals surface area contributed by atoms with Crippen molar-refractivity contribution in [1.82, 2.24) is 0 Å². The first-order chi connectivity index (χ1) is 12.2. The maximum absolute atomic E-state index is 12.7. The molecule has 3 rings (SSSR count). The van der Waals surface area contributed by atoms with E-state index in [0.717, 1.165) is 0 Å². The Balaban J connectivity index is 1.94. The van der Waals surface area contributed by atoms with Gasteiger partial charge in [0.05, 0.1) is 0 Å². The molecule has 3 aliphatic rings. The zero-order chi connectivity index (χ0) is 19.0. The van der Waals surface area contributed by atoms with Crippen LogP contribution < -0.4 is 5.11 Å². The number of carbonyl (C=O) groups is 2. The number of hydrogen-bond donors (Lipinski definition) is 0. The molecule has 0 radical (unpaired) electrons.